The number of hydrogen-bond acceptors (Lipinski definition) is 5. The molecule has 154 valence electrons. The summed E-state index contributed by atoms with van der Waals surface area (Å²) in [6, 6.07) is 16.9. The molecular weight excluding hydrogens is 398 g/mol. The fourth-order valence-electron chi connectivity index (χ4n) is 3.81. The zero-order valence-corrected chi connectivity index (χ0v) is 17.8. The van der Waals surface area contributed by atoms with Crippen molar-refractivity contribution in [2.45, 2.75) is 32.0 Å². The van der Waals surface area contributed by atoms with E-state index in [9.17, 15) is 4.79 Å². The number of nitrogens with zero attached hydrogens (tertiary/aromatic N) is 2. The van der Waals surface area contributed by atoms with E-state index in [1.165, 1.54) is 7.11 Å². The molecule has 30 heavy (non-hydrogen) atoms. The van der Waals surface area contributed by atoms with Gasteiger partial charge in [0.25, 0.3) is 0 Å². The fraction of sp³-hybridized carbons (Fsp3) is 0.261. The van der Waals surface area contributed by atoms with Crippen LogP contribution in [-0.2, 0) is 4.74 Å². The molecule has 1 saturated heterocycles. The molecule has 3 heterocycles. The van der Waals surface area contributed by atoms with Crippen molar-refractivity contribution in [1.29, 1.82) is 0 Å². The van der Waals surface area contributed by atoms with Crippen LogP contribution in [0, 0.1) is 0 Å². The Kier molecular flexibility index (Phi) is 5.55. The molecule has 1 N–H and O–H groups in total. The second kappa shape index (κ2) is 8.28. The highest BCUT2D eigenvalue weighted by Crippen LogP contribution is 2.41. The van der Waals surface area contributed by atoms with Gasteiger partial charge in [-0.25, -0.2) is 4.79 Å². The van der Waals surface area contributed by atoms with Gasteiger partial charge in [0.1, 0.15) is 17.6 Å². The second-order valence-electron chi connectivity index (χ2n) is 7.40. The first-order valence-corrected chi connectivity index (χ1v) is 10.2. The number of benzene rings is 1. The van der Waals surface area contributed by atoms with Crippen LogP contribution in [0.4, 0.5) is 0 Å². The van der Waals surface area contributed by atoms with Gasteiger partial charge >= 0.3 is 5.97 Å². The molecule has 2 atom stereocenters. The summed E-state index contributed by atoms with van der Waals surface area (Å²) in [6.45, 7) is 4.21. The monoisotopic (exact) mass is 421 g/mol. The van der Waals surface area contributed by atoms with Crippen LogP contribution in [0.2, 0.25) is 0 Å². The number of thiocarbonyl (C=S) groups is 1. The number of carbonyl (C=O) groups is 1. The molecule has 1 aliphatic heterocycles. The zero-order chi connectivity index (χ0) is 21.3. The van der Waals surface area contributed by atoms with Crippen molar-refractivity contribution >= 4 is 23.3 Å². The number of carbonyl (C=O) groups excluding carboxylic acids is 1. The van der Waals surface area contributed by atoms with Gasteiger partial charge in [0, 0.05) is 17.8 Å². The van der Waals surface area contributed by atoms with Gasteiger partial charge in [0.15, 0.2) is 5.11 Å². The maximum atomic E-state index is 11.9. The van der Waals surface area contributed by atoms with E-state index in [2.05, 4.69) is 29.0 Å². The summed E-state index contributed by atoms with van der Waals surface area (Å²) in [5.41, 5.74) is 2.19. The molecule has 0 bridgehead atoms. The summed E-state index contributed by atoms with van der Waals surface area (Å²) in [4.78, 5) is 18.5. The van der Waals surface area contributed by atoms with E-state index >= 15 is 0 Å². The van der Waals surface area contributed by atoms with Crippen molar-refractivity contribution in [3.8, 4) is 11.3 Å². The Morgan fingerprint density at radius 1 is 1.20 bits per heavy atom. The summed E-state index contributed by atoms with van der Waals surface area (Å²) in [5, 5.41) is 4.08. The lowest BCUT2D eigenvalue weighted by Crippen LogP contribution is -2.35. The minimum Gasteiger partial charge on any atom is -0.465 e. The van der Waals surface area contributed by atoms with Gasteiger partial charge < -0.3 is 19.4 Å². The standard InChI is InChI=1S/C23H23N3O3S/c1-14(2)26-21(20(25-23(26)30)17-9-4-5-12-24-17)19-11-10-18(29-19)15-7-6-8-16(13-15)22(27)28-3/h4-14,20-21H,1-3H3,(H,25,30)/t20-,21-/m1/s1. The Bertz CT molecular complexity index is 1060. The highest BCUT2D eigenvalue weighted by atomic mass is 32.1. The molecule has 2 aromatic heterocycles. The predicted molar refractivity (Wildman–Crippen MR) is 118 cm³/mol. The molecule has 3 aromatic rings. The van der Waals surface area contributed by atoms with E-state index in [-0.39, 0.29) is 24.1 Å². The van der Waals surface area contributed by atoms with Gasteiger partial charge in [0.2, 0.25) is 0 Å². The van der Waals surface area contributed by atoms with E-state index in [0.717, 1.165) is 17.0 Å². The number of ether oxygens (including phenoxy) is 1. The molecule has 0 unspecified atom stereocenters. The summed E-state index contributed by atoms with van der Waals surface area (Å²) in [7, 11) is 1.37. The predicted octanol–water partition coefficient (Wildman–Crippen LogP) is 4.51. The Labute approximate surface area is 180 Å². The number of rotatable bonds is 5. The fourth-order valence-corrected chi connectivity index (χ4v) is 4.26. The van der Waals surface area contributed by atoms with Crippen molar-refractivity contribution in [2.24, 2.45) is 0 Å². The Morgan fingerprint density at radius 2 is 2.03 bits per heavy atom. The molecule has 1 aliphatic rings. The maximum Gasteiger partial charge on any atom is 0.337 e. The van der Waals surface area contributed by atoms with Crippen LogP contribution in [0.1, 0.15) is 47.7 Å². The first-order chi connectivity index (χ1) is 14.5. The van der Waals surface area contributed by atoms with Crippen molar-refractivity contribution in [3.05, 3.63) is 77.8 Å². The average molecular weight is 422 g/mol. The molecule has 4 rings (SSSR count). The number of furan rings is 1. The SMILES string of the molecule is COC(=O)c1cccc(-c2ccc([C@@H]3[C@@H](c4ccccn4)NC(=S)N3C(C)C)o2)c1. The third-order valence-electron chi connectivity index (χ3n) is 5.18. The van der Waals surface area contributed by atoms with E-state index in [1.54, 1.807) is 18.3 Å². The van der Waals surface area contributed by atoms with Crippen molar-refractivity contribution < 1.29 is 13.9 Å². The molecular formula is C23H23N3O3S. The maximum absolute atomic E-state index is 11.9. The van der Waals surface area contributed by atoms with Crippen molar-refractivity contribution in [2.75, 3.05) is 7.11 Å². The molecule has 6 nitrogen and oxygen atoms in total. The van der Waals surface area contributed by atoms with Gasteiger partial charge in [-0.15, -0.1) is 0 Å². The third-order valence-corrected chi connectivity index (χ3v) is 5.51. The third kappa shape index (κ3) is 3.68. The molecule has 0 spiro atoms. The Morgan fingerprint density at radius 3 is 2.73 bits per heavy atom. The second-order valence-corrected chi connectivity index (χ2v) is 7.79. The summed E-state index contributed by atoms with van der Waals surface area (Å²) in [5.74, 6) is 1.08. The largest absolute Gasteiger partial charge is 0.465 e. The Balaban J connectivity index is 1.72. The highest BCUT2D eigenvalue weighted by molar-refractivity contribution is 7.80. The van der Waals surface area contributed by atoms with Crippen LogP contribution in [0.3, 0.4) is 0 Å². The summed E-state index contributed by atoms with van der Waals surface area (Å²) >= 11 is 5.62. The van der Waals surface area contributed by atoms with Gasteiger partial charge in [0.05, 0.1) is 24.4 Å². The molecule has 7 heteroatoms. The molecule has 0 radical (unpaired) electrons. The van der Waals surface area contributed by atoms with E-state index < -0.39 is 0 Å². The molecule has 1 aromatic carbocycles. The summed E-state index contributed by atoms with van der Waals surface area (Å²) < 4.78 is 11.1. The number of esters is 1. The van der Waals surface area contributed by atoms with Crippen LogP contribution < -0.4 is 5.32 Å². The number of methoxy groups -OCH3 is 1. The van der Waals surface area contributed by atoms with Gasteiger partial charge in [-0.05, 0) is 62.5 Å². The minimum atomic E-state index is -0.379. The molecule has 0 amide bonds. The highest BCUT2D eigenvalue weighted by Gasteiger charge is 2.42. The number of nitrogens with one attached hydrogen (secondary N) is 1. The lowest BCUT2D eigenvalue weighted by atomic mass is 10.0. The Hall–Kier alpha value is -3.19. The zero-order valence-electron chi connectivity index (χ0n) is 17.0. The first-order valence-electron chi connectivity index (χ1n) is 9.78. The lowest BCUT2D eigenvalue weighted by Gasteiger charge is -2.29. The quantitative estimate of drug-likeness (QED) is 0.480. The number of hydrogen-bond donors (Lipinski definition) is 1. The topological polar surface area (TPSA) is 67.6 Å². The minimum absolute atomic E-state index is 0.124. The van der Waals surface area contributed by atoms with Crippen LogP contribution in [0.5, 0.6) is 0 Å². The molecule has 0 saturated carbocycles. The van der Waals surface area contributed by atoms with Gasteiger partial charge in [-0.1, -0.05) is 18.2 Å². The van der Waals surface area contributed by atoms with Crippen LogP contribution >= 0.6 is 12.2 Å². The smallest absolute Gasteiger partial charge is 0.337 e. The van der Waals surface area contributed by atoms with Crippen LogP contribution in [0.25, 0.3) is 11.3 Å². The van der Waals surface area contributed by atoms with Crippen molar-refractivity contribution in [1.82, 2.24) is 15.2 Å². The first kappa shape index (κ1) is 20.1. The van der Waals surface area contributed by atoms with E-state index in [4.69, 9.17) is 21.4 Å². The van der Waals surface area contributed by atoms with E-state index in [1.807, 2.05) is 42.5 Å². The van der Waals surface area contributed by atoms with Crippen LogP contribution in [0.15, 0.2) is 65.2 Å². The summed E-state index contributed by atoms with van der Waals surface area (Å²) in [6.07, 6.45) is 1.78. The van der Waals surface area contributed by atoms with E-state index in [0.29, 0.717) is 16.4 Å². The normalized spacial score (nSPS) is 18.5. The average Bonchev–Trinajstić information content (AvgIpc) is 3.38. The van der Waals surface area contributed by atoms with Gasteiger partial charge in [-0.3, -0.25) is 4.98 Å². The number of pyridine rings is 1. The van der Waals surface area contributed by atoms with Crippen LogP contribution in [-0.4, -0.2) is 34.1 Å². The number of aromatic nitrogens is 1. The van der Waals surface area contributed by atoms with Crippen molar-refractivity contribution in [3.63, 3.8) is 0 Å². The molecule has 0 aliphatic carbocycles. The lowest BCUT2D eigenvalue weighted by molar-refractivity contribution is 0.0601. The molecule has 1 fully saturated rings. The van der Waals surface area contributed by atoms with Gasteiger partial charge in [-0.2, -0.15) is 0 Å².